The number of phenolic OH excluding ortho intramolecular Hbond substituents is 1. The molecule has 4 heteroatoms. The van der Waals surface area contributed by atoms with Gasteiger partial charge in [0, 0.05) is 12.0 Å². The number of rotatable bonds is 6. The summed E-state index contributed by atoms with van der Waals surface area (Å²) in [4.78, 5) is 11.0. The third-order valence-electron chi connectivity index (χ3n) is 5.40. The highest BCUT2D eigenvalue weighted by molar-refractivity contribution is 5.89. The second-order valence-electron chi connectivity index (χ2n) is 7.47. The number of ether oxygens (including phenoxy) is 1. The number of fused-ring (bicyclic) bond motifs is 1. The number of aliphatic carboxylic acids is 1. The van der Waals surface area contributed by atoms with Gasteiger partial charge in [-0.3, -0.25) is 4.79 Å². The molecule has 1 aliphatic carbocycles. The molecule has 144 valence electrons. The van der Waals surface area contributed by atoms with E-state index in [-0.39, 0.29) is 18.3 Å². The van der Waals surface area contributed by atoms with Crippen molar-refractivity contribution < 1.29 is 19.7 Å². The predicted octanol–water partition coefficient (Wildman–Crippen LogP) is 5.55. The van der Waals surface area contributed by atoms with Crippen LogP contribution >= 0.6 is 0 Å². The summed E-state index contributed by atoms with van der Waals surface area (Å²) in [6, 6.07) is 17.9. The molecule has 28 heavy (non-hydrogen) atoms. The van der Waals surface area contributed by atoms with E-state index in [9.17, 15) is 9.90 Å². The lowest BCUT2D eigenvalue weighted by Crippen LogP contribution is -2.12. The molecule has 0 radical (unpaired) electrons. The Hall–Kier alpha value is -3.01. The van der Waals surface area contributed by atoms with E-state index in [2.05, 4.69) is 24.3 Å². The molecular weight excluding hydrogens is 352 g/mol. The first-order valence-corrected chi connectivity index (χ1v) is 9.83. The Labute approximate surface area is 164 Å². The smallest absolute Gasteiger partial charge is 0.303 e. The zero-order valence-corrected chi connectivity index (χ0v) is 15.7. The van der Waals surface area contributed by atoms with Crippen molar-refractivity contribution in [1.29, 1.82) is 0 Å². The number of hydrogen-bond acceptors (Lipinski definition) is 3. The van der Waals surface area contributed by atoms with Gasteiger partial charge in [0.05, 0.1) is 6.10 Å². The first-order chi connectivity index (χ1) is 13.6. The lowest BCUT2D eigenvalue weighted by atomic mass is 9.97. The number of aryl methyl sites for hydroxylation is 1. The van der Waals surface area contributed by atoms with E-state index in [0.29, 0.717) is 12.2 Å². The fraction of sp³-hybridized carbons (Fsp3) is 0.292. The Morgan fingerprint density at radius 1 is 1.00 bits per heavy atom. The van der Waals surface area contributed by atoms with Gasteiger partial charge < -0.3 is 14.9 Å². The Balaban J connectivity index is 1.78. The standard InChI is InChI=1S/C24H24O4/c25-22-14-16(9-12-23(26)27)13-21(24(22)28-20-7-3-4-8-20)19-11-10-17-5-1-2-6-18(17)15-19/h1-2,5-6,10-11,13-15,20,25H,3-4,7-9,12H2,(H,26,27). The van der Waals surface area contributed by atoms with E-state index >= 15 is 0 Å². The summed E-state index contributed by atoms with van der Waals surface area (Å²) in [6.45, 7) is 0. The Morgan fingerprint density at radius 2 is 1.75 bits per heavy atom. The molecule has 4 nitrogen and oxygen atoms in total. The van der Waals surface area contributed by atoms with Crippen LogP contribution in [0.5, 0.6) is 11.5 Å². The predicted molar refractivity (Wildman–Crippen MR) is 110 cm³/mol. The van der Waals surface area contributed by atoms with Crippen molar-refractivity contribution in [3.05, 3.63) is 60.2 Å². The van der Waals surface area contributed by atoms with Gasteiger partial charge >= 0.3 is 5.97 Å². The molecule has 0 aliphatic heterocycles. The van der Waals surface area contributed by atoms with Crippen LogP contribution < -0.4 is 4.74 Å². The molecule has 0 unspecified atom stereocenters. The van der Waals surface area contributed by atoms with Gasteiger partial charge in [-0.15, -0.1) is 0 Å². The maximum atomic E-state index is 11.0. The zero-order chi connectivity index (χ0) is 19.5. The van der Waals surface area contributed by atoms with E-state index in [1.54, 1.807) is 6.07 Å². The maximum absolute atomic E-state index is 11.0. The van der Waals surface area contributed by atoms with Crippen molar-refractivity contribution in [2.24, 2.45) is 0 Å². The van der Waals surface area contributed by atoms with Gasteiger partial charge in [-0.05, 0) is 72.2 Å². The number of carbonyl (C=O) groups is 1. The number of carboxylic acids is 1. The van der Waals surface area contributed by atoms with Crippen LogP contribution in [0.3, 0.4) is 0 Å². The molecule has 0 bridgehead atoms. The van der Waals surface area contributed by atoms with Crippen LogP contribution in [0, 0.1) is 0 Å². The minimum atomic E-state index is -0.849. The topological polar surface area (TPSA) is 66.8 Å². The number of phenols is 1. The van der Waals surface area contributed by atoms with Crippen LogP contribution in [-0.4, -0.2) is 22.3 Å². The quantitative estimate of drug-likeness (QED) is 0.592. The molecule has 0 heterocycles. The summed E-state index contributed by atoms with van der Waals surface area (Å²) >= 11 is 0. The van der Waals surface area contributed by atoms with Crippen molar-refractivity contribution in [2.45, 2.75) is 44.6 Å². The minimum absolute atomic E-state index is 0.0272. The van der Waals surface area contributed by atoms with Crippen molar-refractivity contribution in [3.8, 4) is 22.6 Å². The van der Waals surface area contributed by atoms with Gasteiger partial charge in [-0.2, -0.15) is 0 Å². The highest BCUT2D eigenvalue weighted by atomic mass is 16.5. The molecule has 0 amide bonds. The molecule has 0 saturated heterocycles. The van der Waals surface area contributed by atoms with Gasteiger partial charge in [0.25, 0.3) is 0 Å². The van der Waals surface area contributed by atoms with Crippen LogP contribution in [0.15, 0.2) is 54.6 Å². The SMILES string of the molecule is O=C(O)CCc1cc(O)c(OC2CCCC2)c(-c2ccc3ccccc3c2)c1. The molecule has 1 aliphatic rings. The highest BCUT2D eigenvalue weighted by Gasteiger charge is 2.22. The molecule has 2 N–H and O–H groups in total. The molecule has 3 aromatic carbocycles. The average molecular weight is 376 g/mol. The normalized spacial score (nSPS) is 14.4. The summed E-state index contributed by atoms with van der Waals surface area (Å²) in [5.74, 6) is -0.266. The van der Waals surface area contributed by atoms with Crippen LogP contribution in [0.2, 0.25) is 0 Å². The molecule has 4 rings (SSSR count). The molecule has 1 saturated carbocycles. The van der Waals surface area contributed by atoms with Crippen molar-refractivity contribution in [1.82, 2.24) is 0 Å². The lowest BCUT2D eigenvalue weighted by Gasteiger charge is -2.19. The van der Waals surface area contributed by atoms with E-state index in [1.165, 1.54) is 0 Å². The second kappa shape index (κ2) is 7.93. The third kappa shape index (κ3) is 3.96. The van der Waals surface area contributed by atoms with Crippen molar-refractivity contribution in [3.63, 3.8) is 0 Å². The fourth-order valence-electron chi connectivity index (χ4n) is 3.94. The molecule has 0 atom stereocenters. The summed E-state index contributed by atoms with van der Waals surface area (Å²) in [5, 5.41) is 22.0. The van der Waals surface area contributed by atoms with Crippen LogP contribution in [-0.2, 0) is 11.2 Å². The van der Waals surface area contributed by atoms with Crippen LogP contribution in [0.25, 0.3) is 21.9 Å². The van der Waals surface area contributed by atoms with Gasteiger partial charge in [0.1, 0.15) is 0 Å². The zero-order valence-electron chi connectivity index (χ0n) is 15.7. The maximum Gasteiger partial charge on any atom is 0.303 e. The van der Waals surface area contributed by atoms with Gasteiger partial charge in [0.2, 0.25) is 0 Å². The summed E-state index contributed by atoms with van der Waals surface area (Å²) in [6.07, 6.45) is 4.80. The number of benzene rings is 3. The monoisotopic (exact) mass is 376 g/mol. The van der Waals surface area contributed by atoms with Crippen molar-refractivity contribution >= 4 is 16.7 Å². The molecule has 1 fully saturated rings. The first-order valence-electron chi connectivity index (χ1n) is 9.83. The summed E-state index contributed by atoms with van der Waals surface area (Å²) < 4.78 is 6.22. The Morgan fingerprint density at radius 3 is 2.50 bits per heavy atom. The van der Waals surface area contributed by atoms with Crippen molar-refractivity contribution in [2.75, 3.05) is 0 Å². The number of aromatic hydroxyl groups is 1. The first kappa shape index (κ1) is 18.4. The average Bonchev–Trinajstić information content (AvgIpc) is 3.21. The lowest BCUT2D eigenvalue weighted by molar-refractivity contribution is -0.136. The second-order valence-corrected chi connectivity index (χ2v) is 7.47. The Bertz CT molecular complexity index is 1000. The number of carboxylic acid groups (broad SMARTS) is 1. The van der Waals surface area contributed by atoms with E-state index < -0.39 is 5.97 Å². The molecule has 0 spiro atoms. The Kier molecular flexibility index (Phi) is 5.20. The summed E-state index contributed by atoms with van der Waals surface area (Å²) in [7, 11) is 0. The van der Waals surface area contributed by atoms with Gasteiger partial charge in [0.15, 0.2) is 11.5 Å². The fourth-order valence-corrected chi connectivity index (χ4v) is 3.94. The molecule has 0 aromatic heterocycles. The van der Waals surface area contributed by atoms with E-state index in [1.807, 2.05) is 24.3 Å². The third-order valence-corrected chi connectivity index (χ3v) is 5.40. The van der Waals surface area contributed by atoms with E-state index in [0.717, 1.165) is 53.1 Å². The molecule has 3 aromatic rings. The highest BCUT2D eigenvalue weighted by Crippen LogP contribution is 2.42. The van der Waals surface area contributed by atoms with Crippen LogP contribution in [0.1, 0.15) is 37.7 Å². The van der Waals surface area contributed by atoms with Crippen LogP contribution in [0.4, 0.5) is 0 Å². The summed E-state index contributed by atoms with van der Waals surface area (Å²) in [5.41, 5.74) is 2.57. The largest absolute Gasteiger partial charge is 0.504 e. The molecular formula is C24H24O4. The number of hydrogen-bond donors (Lipinski definition) is 2. The van der Waals surface area contributed by atoms with Gasteiger partial charge in [-0.25, -0.2) is 0 Å². The van der Waals surface area contributed by atoms with E-state index in [4.69, 9.17) is 9.84 Å². The minimum Gasteiger partial charge on any atom is -0.504 e. The van der Waals surface area contributed by atoms with Gasteiger partial charge in [-0.1, -0.05) is 36.4 Å².